The lowest BCUT2D eigenvalue weighted by atomic mass is 10.2. The first-order valence-corrected chi connectivity index (χ1v) is 6.92. The molecular weight excluding hydrogens is 222 g/mol. The lowest BCUT2D eigenvalue weighted by Crippen LogP contribution is -2.48. The highest BCUT2D eigenvalue weighted by Gasteiger charge is 2.31. The van der Waals surface area contributed by atoms with Crippen molar-refractivity contribution in [2.24, 2.45) is 5.92 Å². The first kappa shape index (κ1) is 11.7. The molecule has 18 heavy (non-hydrogen) atoms. The van der Waals surface area contributed by atoms with Crippen LogP contribution >= 0.6 is 0 Å². The van der Waals surface area contributed by atoms with Crippen LogP contribution in [-0.4, -0.2) is 41.8 Å². The Labute approximate surface area is 109 Å². The minimum Gasteiger partial charge on any atom is -0.358 e. The number of piperazine rings is 1. The molecule has 0 bridgehead atoms. The van der Waals surface area contributed by atoms with Crippen LogP contribution in [0.5, 0.6) is 0 Å². The van der Waals surface area contributed by atoms with E-state index in [9.17, 15) is 0 Å². The van der Waals surface area contributed by atoms with Crippen LogP contribution in [0.1, 0.15) is 18.4 Å². The summed E-state index contributed by atoms with van der Waals surface area (Å²) in [6, 6.07) is 10.7. The summed E-state index contributed by atoms with van der Waals surface area (Å²) in [6.45, 7) is 5.28. The SMILES string of the molecule is N=C(C1CC1)N1CCN(Cc2ccccc2)CC1. The van der Waals surface area contributed by atoms with Crippen molar-refractivity contribution in [3.05, 3.63) is 35.9 Å². The van der Waals surface area contributed by atoms with Gasteiger partial charge in [0.2, 0.25) is 0 Å². The first-order chi connectivity index (χ1) is 8.83. The van der Waals surface area contributed by atoms with E-state index in [4.69, 9.17) is 5.41 Å². The molecule has 96 valence electrons. The van der Waals surface area contributed by atoms with Gasteiger partial charge in [-0.25, -0.2) is 0 Å². The fourth-order valence-corrected chi connectivity index (χ4v) is 2.60. The van der Waals surface area contributed by atoms with Gasteiger partial charge in [0.15, 0.2) is 0 Å². The van der Waals surface area contributed by atoms with Gasteiger partial charge in [-0.3, -0.25) is 10.3 Å². The van der Waals surface area contributed by atoms with Crippen LogP contribution < -0.4 is 0 Å². The minimum absolute atomic E-state index is 0.589. The summed E-state index contributed by atoms with van der Waals surface area (Å²) in [5.74, 6) is 1.49. The van der Waals surface area contributed by atoms with Crippen molar-refractivity contribution in [3.8, 4) is 0 Å². The third-order valence-corrected chi connectivity index (χ3v) is 3.93. The van der Waals surface area contributed by atoms with E-state index >= 15 is 0 Å². The first-order valence-electron chi connectivity index (χ1n) is 6.92. The molecule has 3 rings (SSSR count). The molecule has 0 aromatic heterocycles. The van der Waals surface area contributed by atoms with Gasteiger partial charge in [0.1, 0.15) is 0 Å². The van der Waals surface area contributed by atoms with Crippen molar-refractivity contribution in [2.75, 3.05) is 26.2 Å². The Morgan fingerprint density at radius 2 is 1.72 bits per heavy atom. The Kier molecular flexibility index (Phi) is 3.33. The molecule has 1 saturated carbocycles. The molecule has 2 aliphatic rings. The van der Waals surface area contributed by atoms with E-state index in [-0.39, 0.29) is 0 Å². The summed E-state index contributed by atoms with van der Waals surface area (Å²) < 4.78 is 0. The number of nitrogens with one attached hydrogen (secondary N) is 1. The third-order valence-electron chi connectivity index (χ3n) is 3.93. The normalized spacial score (nSPS) is 21.0. The van der Waals surface area contributed by atoms with Crippen molar-refractivity contribution in [1.82, 2.24) is 9.80 Å². The van der Waals surface area contributed by atoms with Crippen LogP contribution in [0.25, 0.3) is 0 Å². The van der Waals surface area contributed by atoms with E-state index in [0.717, 1.165) is 38.6 Å². The van der Waals surface area contributed by atoms with Crippen LogP contribution in [-0.2, 0) is 6.54 Å². The van der Waals surface area contributed by atoms with Gasteiger partial charge >= 0.3 is 0 Å². The van der Waals surface area contributed by atoms with Gasteiger partial charge in [-0.05, 0) is 18.4 Å². The Morgan fingerprint density at radius 3 is 2.33 bits per heavy atom. The molecule has 3 nitrogen and oxygen atoms in total. The Balaban J connectivity index is 1.49. The standard InChI is InChI=1S/C15H21N3/c16-15(14-6-7-14)18-10-8-17(9-11-18)12-13-4-2-1-3-5-13/h1-5,14,16H,6-12H2. The fourth-order valence-electron chi connectivity index (χ4n) is 2.60. The lowest BCUT2D eigenvalue weighted by Gasteiger charge is -2.36. The zero-order valence-corrected chi connectivity index (χ0v) is 10.8. The van der Waals surface area contributed by atoms with Crippen molar-refractivity contribution >= 4 is 5.84 Å². The van der Waals surface area contributed by atoms with E-state index < -0.39 is 0 Å². The molecule has 1 saturated heterocycles. The average molecular weight is 243 g/mol. The van der Waals surface area contributed by atoms with E-state index in [0.29, 0.717) is 5.92 Å². The summed E-state index contributed by atoms with van der Waals surface area (Å²) in [6.07, 6.45) is 2.48. The lowest BCUT2D eigenvalue weighted by molar-refractivity contribution is 0.172. The molecule has 1 N–H and O–H groups in total. The van der Waals surface area contributed by atoms with Gasteiger partial charge in [0.05, 0.1) is 5.84 Å². The van der Waals surface area contributed by atoms with Crippen molar-refractivity contribution < 1.29 is 0 Å². The molecule has 0 radical (unpaired) electrons. The minimum atomic E-state index is 0.589. The van der Waals surface area contributed by atoms with Crippen molar-refractivity contribution in [2.45, 2.75) is 19.4 Å². The fraction of sp³-hybridized carbons (Fsp3) is 0.533. The predicted octanol–water partition coefficient (Wildman–Crippen LogP) is 2.19. The molecule has 2 fully saturated rings. The monoisotopic (exact) mass is 243 g/mol. The molecule has 1 aliphatic carbocycles. The zero-order chi connectivity index (χ0) is 12.4. The number of nitrogens with zero attached hydrogens (tertiary/aromatic N) is 2. The summed E-state index contributed by atoms with van der Waals surface area (Å²) in [5.41, 5.74) is 1.39. The van der Waals surface area contributed by atoms with E-state index in [1.165, 1.54) is 18.4 Å². The molecule has 1 aromatic rings. The zero-order valence-electron chi connectivity index (χ0n) is 10.8. The van der Waals surface area contributed by atoms with Crippen LogP contribution in [0, 0.1) is 11.3 Å². The van der Waals surface area contributed by atoms with Gasteiger partial charge in [0, 0.05) is 38.6 Å². The van der Waals surface area contributed by atoms with Crippen LogP contribution in [0.4, 0.5) is 0 Å². The molecule has 1 heterocycles. The van der Waals surface area contributed by atoms with Crippen LogP contribution in [0.2, 0.25) is 0 Å². The Morgan fingerprint density at radius 1 is 1.06 bits per heavy atom. The average Bonchev–Trinajstić information content (AvgIpc) is 3.24. The quantitative estimate of drug-likeness (QED) is 0.651. The molecule has 0 atom stereocenters. The number of hydrogen-bond donors (Lipinski definition) is 1. The maximum Gasteiger partial charge on any atom is 0.0990 e. The smallest absolute Gasteiger partial charge is 0.0990 e. The number of hydrogen-bond acceptors (Lipinski definition) is 2. The van der Waals surface area contributed by atoms with Gasteiger partial charge < -0.3 is 4.90 Å². The van der Waals surface area contributed by atoms with Crippen molar-refractivity contribution in [3.63, 3.8) is 0 Å². The second kappa shape index (κ2) is 5.11. The molecule has 0 amide bonds. The molecule has 0 spiro atoms. The molecule has 3 heteroatoms. The molecular formula is C15H21N3. The van der Waals surface area contributed by atoms with Crippen molar-refractivity contribution in [1.29, 1.82) is 5.41 Å². The summed E-state index contributed by atoms with van der Waals surface area (Å²) in [5, 5.41) is 8.09. The maximum absolute atomic E-state index is 8.09. The van der Waals surface area contributed by atoms with Gasteiger partial charge in [-0.15, -0.1) is 0 Å². The molecule has 0 unspecified atom stereocenters. The third kappa shape index (κ3) is 2.72. The summed E-state index contributed by atoms with van der Waals surface area (Å²) in [7, 11) is 0. The second-order valence-electron chi connectivity index (χ2n) is 5.41. The Bertz CT molecular complexity index is 403. The van der Waals surface area contributed by atoms with E-state index in [2.05, 4.69) is 40.1 Å². The van der Waals surface area contributed by atoms with Gasteiger partial charge in [0.25, 0.3) is 0 Å². The summed E-state index contributed by atoms with van der Waals surface area (Å²) in [4.78, 5) is 4.77. The van der Waals surface area contributed by atoms with Crippen LogP contribution in [0.15, 0.2) is 30.3 Å². The summed E-state index contributed by atoms with van der Waals surface area (Å²) >= 11 is 0. The van der Waals surface area contributed by atoms with Crippen LogP contribution in [0.3, 0.4) is 0 Å². The van der Waals surface area contributed by atoms with E-state index in [1.54, 1.807) is 0 Å². The highest BCUT2D eigenvalue weighted by Crippen LogP contribution is 2.31. The highest BCUT2D eigenvalue weighted by atomic mass is 15.3. The number of amidine groups is 1. The Hall–Kier alpha value is -1.35. The molecule has 1 aromatic carbocycles. The number of benzene rings is 1. The number of rotatable bonds is 3. The largest absolute Gasteiger partial charge is 0.358 e. The van der Waals surface area contributed by atoms with Gasteiger partial charge in [-0.1, -0.05) is 30.3 Å². The maximum atomic E-state index is 8.09. The highest BCUT2D eigenvalue weighted by molar-refractivity contribution is 5.83. The van der Waals surface area contributed by atoms with Gasteiger partial charge in [-0.2, -0.15) is 0 Å². The second-order valence-corrected chi connectivity index (χ2v) is 5.41. The topological polar surface area (TPSA) is 30.3 Å². The van der Waals surface area contributed by atoms with E-state index in [1.807, 2.05) is 0 Å². The molecule has 1 aliphatic heterocycles. The predicted molar refractivity (Wildman–Crippen MR) is 73.7 cm³/mol.